The average molecular weight is 440 g/mol. The van der Waals surface area contributed by atoms with Gasteiger partial charge < -0.3 is 11.1 Å². The first-order valence-corrected chi connectivity index (χ1v) is 9.47. The Hall–Kier alpha value is -4.01. The van der Waals surface area contributed by atoms with E-state index in [1.165, 1.54) is 6.33 Å². The number of aromatic nitrogens is 2. The van der Waals surface area contributed by atoms with E-state index in [1.54, 1.807) is 24.3 Å². The molecule has 5 nitrogen and oxygen atoms in total. The molecule has 0 atom stereocenters. The zero-order chi connectivity index (χ0) is 22.9. The number of carbonyl (C=O) groups excluding carboxylic acids is 1. The number of nitrogen functional groups attached to an aromatic ring is 1. The molecule has 0 aliphatic heterocycles. The van der Waals surface area contributed by atoms with Gasteiger partial charge in [-0.2, -0.15) is 13.2 Å². The van der Waals surface area contributed by atoms with E-state index in [1.807, 2.05) is 18.2 Å². The van der Waals surface area contributed by atoms with Gasteiger partial charge in [0.05, 0.1) is 11.3 Å². The van der Waals surface area contributed by atoms with Crippen molar-refractivity contribution in [1.29, 1.82) is 0 Å². The molecule has 1 heterocycles. The number of nitrogens with zero attached hydrogens (tertiary/aromatic N) is 2. The third kappa shape index (κ3) is 4.51. The summed E-state index contributed by atoms with van der Waals surface area (Å²) < 4.78 is 52.3. The third-order valence-electron chi connectivity index (χ3n) is 4.85. The maximum absolute atomic E-state index is 13.5. The molecule has 9 heteroatoms. The predicted molar refractivity (Wildman–Crippen MR) is 113 cm³/mol. The van der Waals surface area contributed by atoms with E-state index >= 15 is 0 Å². The highest BCUT2D eigenvalue weighted by molar-refractivity contribution is 6.13. The Labute approximate surface area is 179 Å². The molecule has 3 N–H and O–H groups in total. The smallest absolute Gasteiger partial charge is 0.384 e. The number of amides is 1. The highest BCUT2D eigenvalue weighted by Gasteiger charge is 2.34. The van der Waals surface area contributed by atoms with E-state index < -0.39 is 23.5 Å². The minimum absolute atomic E-state index is 0.154. The summed E-state index contributed by atoms with van der Waals surface area (Å²) in [7, 11) is 0. The van der Waals surface area contributed by atoms with Gasteiger partial charge >= 0.3 is 6.18 Å². The molecular weight excluding hydrogens is 424 g/mol. The normalized spacial score (nSPS) is 11.5. The number of fused-ring (bicyclic) bond motifs is 1. The quantitative estimate of drug-likeness (QED) is 0.427. The largest absolute Gasteiger partial charge is 0.419 e. The van der Waals surface area contributed by atoms with Crippen LogP contribution in [-0.4, -0.2) is 15.9 Å². The molecule has 0 fully saturated rings. The van der Waals surface area contributed by atoms with Crippen molar-refractivity contribution in [2.75, 3.05) is 11.1 Å². The third-order valence-corrected chi connectivity index (χ3v) is 4.85. The molecule has 1 aromatic heterocycles. The number of carbonyl (C=O) groups is 1. The van der Waals surface area contributed by atoms with Crippen LogP contribution in [0.1, 0.15) is 27.2 Å². The van der Waals surface area contributed by atoms with Crippen LogP contribution in [-0.2, 0) is 12.6 Å². The molecule has 0 saturated carbocycles. The van der Waals surface area contributed by atoms with Crippen LogP contribution in [0.5, 0.6) is 0 Å². The second kappa shape index (κ2) is 8.26. The van der Waals surface area contributed by atoms with E-state index in [9.17, 15) is 22.4 Å². The highest BCUT2D eigenvalue weighted by atomic mass is 19.4. The summed E-state index contributed by atoms with van der Waals surface area (Å²) in [5, 5.41) is 3.80. The Kier molecular flexibility index (Phi) is 5.48. The number of alkyl halides is 3. The molecule has 0 aliphatic rings. The summed E-state index contributed by atoms with van der Waals surface area (Å²) in [6.45, 7) is 0. The number of hydrogen-bond acceptors (Lipinski definition) is 4. The molecule has 0 aliphatic carbocycles. The molecule has 32 heavy (non-hydrogen) atoms. The first-order valence-electron chi connectivity index (χ1n) is 9.47. The van der Waals surface area contributed by atoms with Crippen LogP contribution in [0.4, 0.5) is 29.1 Å². The van der Waals surface area contributed by atoms with Crippen molar-refractivity contribution in [3.8, 4) is 0 Å². The number of nitrogens with two attached hydrogens (primary N) is 1. The Bertz CT molecular complexity index is 1320. The van der Waals surface area contributed by atoms with Gasteiger partial charge in [-0.25, -0.2) is 14.4 Å². The minimum Gasteiger partial charge on any atom is -0.384 e. The van der Waals surface area contributed by atoms with Gasteiger partial charge in [0, 0.05) is 23.7 Å². The molecule has 4 rings (SSSR count). The Morgan fingerprint density at radius 1 is 1.00 bits per heavy atom. The van der Waals surface area contributed by atoms with Crippen LogP contribution in [0, 0.1) is 5.82 Å². The highest BCUT2D eigenvalue weighted by Crippen LogP contribution is 2.33. The number of anilines is 2. The monoisotopic (exact) mass is 440 g/mol. The molecule has 0 bridgehead atoms. The van der Waals surface area contributed by atoms with Crippen molar-refractivity contribution >= 4 is 28.2 Å². The van der Waals surface area contributed by atoms with Crippen LogP contribution in [0.3, 0.4) is 0 Å². The second-order valence-corrected chi connectivity index (χ2v) is 7.12. The Morgan fingerprint density at radius 2 is 1.81 bits per heavy atom. The first-order chi connectivity index (χ1) is 15.2. The molecule has 3 aromatic carbocycles. The molecular formula is C23H16F4N4O. The molecule has 0 spiro atoms. The number of hydrogen-bond donors (Lipinski definition) is 2. The van der Waals surface area contributed by atoms with E-state index in [0.29, 0.717) is 29.8 Å². The van der Waals surface area contributed by atoms with Gasteiger partial charge in [-0.1, -0.05) is 30.3 Å². The number of rotatable bonds is 4. The fraction of sp³-hybridized carbons (Fsp3) is 0.0870. The van der Waals surface area contributed by atoms with Gasteiger partial charge in [-0.05, 0) is 40.6 Å². The van der Waals surface area contributed by atoms with Crippen molar-refractivity contribution in [3.63, 3.8) is 0 Å². The Morgan fingerprint density at radius 3 is 2.56 bits per heavy atom. The number of halogens is 4. The average Bonchev–Trinajstić information content (AvgIpc) is 2.73. The van der Waals surface area contributed by atoms with Gasteiger partial charge in [0.25, 0.3) is 5.91 Å². The summed E-state index contributed by atoms with van der Waals surface area (Å²) in [4.78, 5) is 20.8. The molecule has 0 radical (unpaired) electrons. The molecule has 0 saturated heterocycles. The molecule has 0 unspecified atom stereocenters. The van der Waals surface area contributed by atoms with E-state index in [4.69, 9.17) is 5.73 Å². The van der Waals surface area contributed by atoms with E-state index in [0.717, 1.165) is 22.7 Å². The predicted octanol–water partition coefficient (Wildman–Crippen LogP) is 5.21. The van der Waals surface area contributed by atoms with Crippen molar-refractivity contribution in [1.82, 2.24) is 9.97 Å². The molecule has 1 amide bonds. The summed E-state index contributed by atoms with van der Waals surface area (Å²) >= 11 is 0. The van der Waals surface area contributed by atoms with E-state index in [2.05, 4.69) is 15.3 Å². The van der Waals surface area contributed by atoms with Gasteiger partial charge in [0.2, 0.25) is 0 Å². The maximum atomic E-state index is 13.5. The van der Waals surface area contributed by atoms with E-state index in [-0.39, 0.29) is 11.3 Å². The number of benzene rings is 3. The maximum Gasteiger partial charge on any atom is 0.419 e. The van der Waals surface area contributed by atoms with Crippen LogP contribution in [0.15, 0.2) is 67.0 Å². The zero-order valence-electron chi connectivity index (χ0n) is 16.4. The SMILES string of the molecule is Nc1cc(Cc2ccc3c(C(=O)Nc4ccc(F)c(C(F)(F)F)c4)cccc3c2)ncn1. The summed E-state index contributed by atoms with van der Waals surface area (Å²) in [5.74, 6) is -1.64. The summed E-state index contributed by atoms with van der Waals surface area (Å²) in [6.07, 6.45) is -2.97. The minimum atomic E-state index is -4.87. The van der Waals surface area contributed by atoms with Gasteiger partial charge in [0.1, 0.15) is 18.0 Å². The number of nitrogens with one attached hydrogen (secondary N) is 1. The lowest BCUT2D eigenvalue weighted by Crippen LogP contribution is -2.14. The van der Waals surface area contributed by atoms with Gasteiger partial charge in [-0.15, -0.1) is 0 Å². The topological polar surface area (TPSA) is 80.9 Å². The second-order valence-electron chi connectivity index (χ2n) is 7.12. The van der Waals surface area contributed by atoms with Crippen molar-refractivity contribution in [3.05, 3.63) is 95.2 Å². The molecule has 4 aromatic rings. The van der Waals surface area contributed by atoms with Crippen LogP contribution < -0.4 is 11.1 Å². The van der Waals surface area contributed by atoms with Crippen LogP contribution in [0.2, 0.25) is 0 Å². The standard InChI is InChI=1S/C23H16F4N4O/c24-20-7-5-15(10-19(20)23(25,26)27)31-22(32)18-3-1-2-14-8-13(4-6-17(14)18)9-16-11-21(28)30-12-29-16/h1-8,10-12H,9H2,(H,31,32)(H2,28,29,30). The first kappa shape index (κ1) is 21.2. The van der Waals surface area contributed by atoms with Crippen molar-refractivity contribution in [2.24, 2.45) is 0 Å². The van der Waals surface area contributed by atoms with Crippen molar-refractivity contribution < 1.29 is 22.4 Å². The summed E-state index contributed by atoms with van der Waals surface area (Å²) in [6, 6.07) is 14.6. The van der Waals surface area contributed by atoms with Crippen LogP contribution >= 0.6 is 0 Å². The zero-order valence-corrected chi connectivity index (χ0v) is 16.4. The fourth-order valence-corrected chi connectivity index (χ4v) is 3.38. The summed E-state index contributed by atoms with van der Waals surface area (Å²) in [5.41, 5.74) is 6.03. The van der Waals surface area contributed by atoms with Crippen LogP contribution in [0.25, 0.3) is 10.8 Å². The molecule has 162 valence electrons. The fourth-order valence-electron chi connectivity index (χ4n) is 3.38. The Balaban J connectivity index is 1.61. The lowest BCUT2D eigenvalue weighted by atomic mass is 9.99. The van der Waals surface area contributed by atoms with Gasteiger partial charge in [0.15, 0.2) is 0 Å². The lowest BCUT2D eigenvalue weighted by Gasteiger charge is -2.12. The lowest BCUT2D eigenvalue weighted by molar-refractivity contribution is -0.139. The van der Waals surface area contributed by atoms with Crippen molar-refractivity contribution in [2.45, 2.75) is 12.6 Å². The van der Waals surface area contributed by atoms with Gasteiger partial charge in [-0.3, -0.25) is 4.79 Å².